The molecular weight excluding hydrogens is 522 g/mol. The molecule has 4 aromatic rings. The average molecular weight is 554 g/mol. The third kappa shape index (κ3) is 5.19. The summed E-state index contributed by atoms with van der Waals surface area (Å²) in [4.78, 5) is 15.9. The highest BCUT2D eigenvalue weighted by Crippen LogP contribution is 2.35. The van der Waals surface area contributed by atoms with E-state index in [4.69, 9.17) is 14.7 Å². The van der Waals surface area contributed by atoms with Gasteiger partial charge < -0.3 is 9.64 Å². The molecule has 3 aromatic heterocycles. The van der Waals surface area contributed by atoms with Crippen LogP contribution in [0.15, 0.2) is 42.6 Å². The third-order valence-corrected chi connectivity index (χ3v) is 9.42. The molecule has 10 nitrogen and oxygen atoms in total. The number of anilines is 1. The molecule has 2 aliphatic heterocycles. The Morgan fingerprint density at radius 2 is 1.79 bits per heavy atom. The number of hydrogen-bond donors (Lipinski definition) is 0. The number of sulfonamides is 1. The van der Waals surface area contributed by atoms with Crippen LogP contribution in [0.4, 0.5) is 5.82 Å². The zero-order valence-corrected chi connectivity index (χ0v) is 23.2. The van der Waals surface area contributed by atoms with Gasteiger partial charge in [0.05, 0.1) is 41.6 Å². The number of aryl methyl sites for hydroxylation is 1. The molecule has 2 fully saturated rings. The van der Waals surface area contributed by atoms with Gasteiger partial charge in [-0.2, -0.15) is 9.40 Å². The summed E-state index contributed by atoms with van der Waals surface area (Å²) in [5.74, 6) is 1.58. The lowest BCUT2D eigenvalue weighted by atomic mass is 10.2. The number of ether oxygens (including phenoxy) is 1. The molecule has 1 aromatic carbocycles. The molecule has 0 aliphatic carbocycles. The van der Waals surface area contributed by atoms with E-state index in [0.29, 0.717) is 45.2 Å². The zero-order valence-electron chi connectivity index (χ0n) is 21.6. The Hall–Kier alpha value is -2.90. The fourth-order valence-electron chi connectivity index (χ4n) is 5.02. The molecule has 6 rings (SSSR count). The Morgan fingerprint density at radius 3 is 2.53 bits per heavy atom. The van der Waals surface area contributed by atoms with Crippen molar-refractivity contribution in [2.24, 2.45) is 0 Å². The normalized spacial score (nSPS) is 17.9. The lowest BCUT2D eigenvalue weighted by Crippen LogP contribution is -2.47. The van der Waals surface area contributed by atoms with Crippen LogP contribution < -0.4 is 4.90 Å². The first kappa shape index (κ1) is 25.4. The number of piperazine rings is 1. The van der Waals surface area contributed by atoms with Crippen LogP contribution in [0.3, 0.4) is 0 Å². The maximum atomic E-state index is 11.9. The van der Waals surface area contributed by atoms with Gasteiger partial charge in [-0.3, -0.25) is 4.90 Å². The van der Waals surface area contributed by atoms with Crippen molar-refractivity contribution in [2.75, 3.05) is 63.6 Å². The topological polar surface area (TPSA) is 96.7 Å². The van der Waals surface area contributed by atoms with Gasteiger partial charge in [-0.05, 0) is 36.8 Å². The number of aromatic nitrogens is 4. The Kier molecular flexibility index (Phi) is 6.91. The number of morpholine rings is 1. The van der Waals surface area contributed by atoms with Crippen molar-refractivity contribution in [3.05, 3.63) is 53.0 Å². The van der Waals surface area contributed by atoms with Gasteiger partial charge in [-0.1, -0.05) is 12.1 Å². The monoisotopic (exact) mass is 553 g/mol. The second-order valence-electron chi connectivity index (χ2n) is 9.80. The predicted molar refractivity (Wildman–Crippen MR) is 149 cm³/mol. The van der Waals surface area contributed by atoms with Gasteiger partial charge in [0.2, 0.25) is 10.0 Å². The second kappa shape index (κ2) is 10.3. The summed E-state index contributed by atoms with van der Waals surface area (Å²) in [6.45, 7) is 8.21. The molecule has 0 bridgehead atoms. The van der Waals surface area contributed by atoms with Crippen molar-refractivity contribution in [1.82, 2.24) is 29.0 Å². The van der Waals surface area contributed by atoms with Crippen LogP contribution in [-0.2, 0) is 21.3 Å². The molecule has 2 saturated heterocycles. The Labute approximate surface area is 226 Å². The van der Waals surface area contributed by atoms with Gasteiger partial charge in [0.25, 0.3) is 0 Å². The molecule has 0 unspecified atom stereocenters. The van der Waals surface area contributed by atoms with E-state index >= 15 is 0 Å². The molecule has 0 saturated carbocycles. The number of nitrogens with zero attached hydrogens (tertiary/aromatic N) is 7. The molecule has 2 aliphatic rings. The molecule has 0 spiro atoms. The molecule has 0 N–H and O–H groups in total. The fraction of sp³-hybridized carbons (Fsp3) is 0.423. The molecule has 38 heavy (non-hydrogen) atoms. The van der Waals surface area contributed by atoms with Gasteiger partial charge >= 0.3 is 0 Å². The summed E-state index contributed by atoms with van der Waals surface area (Å²) in [5.41, 5.74) is 3.90. The molecule has 0 amide bonds. The van der Waals surface area contributed by atoms with Gasteiger partial charge in [0.1, 0.15) is 5.69 Å². The standard InChI is InChI=1S/C26H31N7O3S2/c1-19-4-3-5-20(16-19)33-23(6-7-27-33)25-28-22-17-21(18-30-8-10-32(11-9-30)38(2,34)35)37-24(22)26(29-25)31-12-14-36-15-13-31/h3-7,16-17H,8-15,18H2,1-2H3. The number of hydrogen-bond acceptors (Lipinski definition) is 9. The third-order valence-electron chi connectivity index (χ3n) is 7.01. The number of rotatable bonds is 6. The molecule has 0 atom stereocenters. The maximum Gasteiger partial charge on any atom is 0.211 e. The molecular formula is C26H31N7O3S2. The van der Waals surface area contributed by atoms with Crippen molar-refractivity contribution < 1.29 is 13.2 Å². The van der Waals surface area contributed by atoms with E-state index < -0.39 is 10.0 Å². The van der Waals surface area contributed by atoms with E-state index in [2.05, 4.69) is 40.0 Å². The smallest absolute Gasteiger partial charge is 0.211 e. The summed E-state index contributed by atoms with van der Waals surface area (Å²) in [6.07, 6.45) is 3.07. The van der Waals surface area contributed by atoms with E-state index in [1.165, 1.54) is 11.1 Å². The highest BCUT2D eigenvalue weighted by Gasteiger charge is 2.25. The largest absolute Gasteiger partial charge is 0.378 e. The zero-order chi connectivity index (χ0) is 26.3. The summed E-state index contributed by atoms with van der Waals surface area (Å²) in [6, 6.07) is 12.4. The van der Waals surface area contributed by atoms with E-state index in [1.807, 2.05) is 22.9 Å². The SMILES string of the molecule is Cc1cccc(-n2nccc2-c2nc(N3CCOCC3)c3sc(CN4CCN(S(C)(=O)=O)CC4)cc3n2)c1. The van der Waals surface area contributed by atoms with Crippen LogP contribution in [-0.4, -0.2) is 96.1 Å². The minimum Gasteiger partial charge on any atom is -0.378 e. The summed E-state index contributed by atoms with van der Waals surface area (Å²) < 4.78 is 33.9. The van der Waals surface area contributed by atoms with Gasteiger partial charge in [-0.25, -0.2) is 23.1 Å². The fourth-order valence-corrected chi connectivity index (χ4v) is 7.01. The van der Waals surface area contributed by atoms with Crippen molar-refractivity contribution >= 4 is 37.4 Å². The Morgan fingerprint density at radius 1 is 1.00 bits per heavy atom. The van der Waals surface area contributed by atoms with E-state index in [0.717, 1.165) is 52.6 Å². The van der Waals surface area contributed by atoms with Crippen molar-refractivity contribution in [3.8, 4) is 17.2 Å². The van der Waals surface area contributed by atoms with Crippen LogP contribution in [0.25, 0.3) is 27.4 Å². The Balaban J connectivity index is 1.35. The maximum absolute atomic E-state index is 11.9. The highest BCUT2D eigenvalue weighted by atomic mass is 32.2. The first-order valence-electron chi connectivity index (χ1n) is 12.8. The lowest BCUT2D eigenvalue weighted by Gasteiger charge is -2.32. The minimum absolute atomic E-state index is 0.523. The van der Waals surface area contributed by atoms with E-state index in [9.17, 15) is 8.42 Å². The van der Waals surface area contributed by atoms with Gasteiger partial charge in [-0.15, -0.1) is 11.3 Å². The lowest BCUT2D eigenvalue weighted by molar-refractivity contribution is 0.122. The summed E-state index contributed by atoms with van der Waals surface area (Å²) in [5, 5.41) is 4.58. The van der Waals surface area contributed by atoms with E-state index in [1.54, 1.807) is 21.8 Å². The van der Waals surface area contributed by atoms with Crippen molar-refractivity contribution in [1.29, 1.82) is 0 Å². The first-order valence-corrected chi connectivity index (χ1v) is 15.4. The number of benzene rings is 1. The number of thiophene rings is 1. The molecule has 0 radical (unpaired) electrons. The van der Waals surface area contributed by atoms with Crippen LogP contribution in [0.5, 0.6) is 0 Å². The molecule has 12 heteroatoms. The van der Waals surface area contributed by atoms with Crippen LogP contribution in [0.1, 0.15) is 10.4 Å². The average Bonchev–Trinajstić information content (AvgIpc) is 3.55. The van der Waals surface area contributed by atoms with Gasteiger partial charge in [0.15, 0.2) is 11.6 Å². The van der Waals surface area contributed by atoms with Crippen LogP contribution in [0, 0.1) is 6.92 Å². The highest BCUT2D eigenvalue weighted by molar-refractivity contribution is 7.88. The van der Waals surface area contributed by atoms with Crippen molar-refractivity contribution in [2.45, 2.75) is 13.5 Å². The second-order valence-corrected chi connectivity index (χ2v) is 12.9. The molecule has 200 valence electrons. The van der Waals surface area contributed by atoms with Crippen LogP contribution in [0.2, 0.25) is 0 Å². The predicted octanol–water partition coefficient (Wildman–Crippen LogP) is 2.77. The number of fused-ring (bicyclic) bond motifs is 1. The van der Waals surface area contributed by atoms with Gasteiger partial charge in [0, 0.05) is 50.7 Å². The summed E-state index contributed by atoms with van der Waals surface area (Å²) in [7, 11) is -3.15. The minimum atomic E-state index is -3.15. The quantitative estimate of drug-likeness (QED) is 0.360. The first-order chi connectivity index (χ1) is 18.3. The van der Waals surface area contributed by atoms with Crippen LogP contribution >= 0.6 is 11.3 Å². The van der Waals surface area contributed by atoms with E-state index in [-0.39, 0.29) is 0 Å². The summed E-state index contributed by atoms with van der Waals surface area (Å²) >= 11 is 1.72. The van der Waals surface area contributed by atoms with Crippen molar-refractivity contribution in [3.63, 3.8) is 0 Å². The Bertz CT molecular complexity index is 1550. The molecule has 5 heterocycles.